The first-order valence-electron chi connectivity index (χ1n) is 5.92. The number of piperidine rings is 1. The molecule has 92 valence electrons. The Morgan fingerprint density at radius 1 is 1.53 bits per heavy atom. The summed E-state index contributed by atoms with van der Waals surface area (Å²) in [6, 6.07) is 5.46. The Morgan fingerprint density at radius 2 is 2.29 bits per heavy atom. The number of carbonyl (C=O) groups is 1. The molecule has 1 aliphatic heterocycles. The summed E-state index contributed by atoms with van der Waals surface area (Å²) in [7, 11) is 0. The summed E-state index contributed by atoms with van der Waals surface area (Å²) in [5.74, 6) is -0.0787. The Labute approximate surface area is 101 Å². The molecule has 1 amide bonds. The van der Waals surface area contributed by atoms with Gasteiger partial charge in [0.2, 0.25) is 0 Å². The number of hydrogen-bond acceptors (Lipinski definition) is 3. The highest BCUT2D eigenvalue weighted by atomic mass is 16.3. The minimum absolute atomic E-state index is 0.0787. The summed E-state index contributed by atoms with van der Waals surface area (Å²) >= 11 is 0. The normalized spacial score (nSPS) is 20.4. The summed E-state index contributed by atoms with van der Waals surface area (Å²) in [5, 5.41) is 9.57. The van der Waals surface area contributed by atoms with Gasteiger partial charge in [-0.15, -0.1) is 0 Å². The predicted octanol–water partition coefficient (Wildman–Crippen LogP) is 1.17. The van der Waals surface area contributed by atoms with E-state index in [4.69, 9.17) is 5.73 Å². The van der Waals surface area contributed by atoms with E-state index in [1.807, 2.05) is 19.1 Å². The predicted molar refractivity (Wildman–Crippen MR) is 66.7 cm³/mol. The van der Waals surface area contributed by atoms with Gasteiger partial charge in [0.15, 0.2) is 0 Å². The van der Waals surface area contributed by atoms with Crippen LogP contribution in [0.2, 0.25) is 0 Å². The molecule has 2 rings (SSSR count). The number of likely N-dealkylation sites (tertiary alicyclic amines) is 1. The SMILES string of the molecule is Cc1cccc(C(=O)N2CCC[C@H](O)C2)c1N. The van der Waals surface area contributed by atoms with Crippen LogP contribution in [0.1, 0.15) is 28.8 Å². The van der Waals surface area contributed by atoms with Crippen LogP contribution in [0.5, 0.6) is 0 Å². The van der Waals surface area contributed by atoms with Crippen LogP contribution in [0.25, 0.3) is 0 Å². The molecule has 1 saturated heterocycles. The van der Waals surface area contributed by atoms with Gasteiger partial charge in [0, 0.05) is 18.8 Å². The molecule has 0 aliphatic carbocycles. The minimum atomic E-state index is -0.404. The Bertz CT molecular complexity index is 431. The van der Waals surface area contributed by atoms with Gasteiger partial charge in [0.1, 0.15) is 0 Å². The molecule has 1 fully saturated rings. The molecule has 1 aromatic carbocycles. The summed E-state index contributed by atoms with van der Waals surface area (Å²) in [4.78, 5) is 13.9. The summed E-state index contributed by atoms with van der Waals surface area (Å²) < 4.78 is 0. The molecule has 0 saturated carbocycles. The molecule has 3 N–H and O–H groups in total. The van der Waals surface area contributed by atoms with Crippen molar-refractivity contribution in [2.45, 2.75) is 25.9 Å². The zero-order chi connectivity index (χ0) is 12.4. The van der Waals surface area contributed by atoms with Crippen molar-refractivity contribution >= 4 is 11.6 Å². The second kappa shape index (κ2) is 4.75. The molecule has 4 heteroatoms. The molecular weight excluding hydrogens is 216 g/mol. The number of aliphatic hydroxyl groups is 1. The maximum absolute atomic E-state index is 12.3. The van der Waals surface area contributed by atoms with Gasteiger partial charge in [-0.1, -0.05) is 12.1 Å². The Kier molecular flexibility index (Phi) is 3.33. The van der Waals surface area contributed by atoms with Gasteiger partial charge < -0.3 is 15.7 Å². The lowest BCUT2D eigenvalue weighted by Gasteiger charge is -2.30. The van der Waals surface area contributed by atoms with E-state index < -0.39 is 6.10 Å². The molecule has 1 heterocycles. The van der Waals surface area contributed by atoms with E-state index in [9.17, 15) is 9.90 Å². The first-order valence-corrected chi connectivity index (χ1v) is 5.92. The maximum Gasteiger partial charge on any atom is 0.256 e. The molecule has 0 unspecified atom stereocenters. The topological polar surface area (TPSA) is 66.6 Å². The summed E-state index contributed by atoms with van der Waals surface area (Å²) in [6.45, 7) is 2.99. The second-order valence-electron chi connectivity index (χ2n) is 4.58. The molecule has 4 nitrogen and oxygen atoms in total. The molecule has 1 aliphatic rings. The van der Waals surface area contributed by atoms with E-state index in [0.29, 0.717) is 24.3 Å². The van der Waals surface area contributed by atoms with Crippen molar-refractivity contribution in [3.8, 4) is 0 Å². The first-order chi connectivity index (χ1) is 8.09. The lowest BCUT2D eigenvalue weighted by molar-refractivity contribution is 0.0474. The van der Waals surface area contributed by atoms with Crippen LogP contribution in [-0.4, -0.2) is 35.1 Å². The van der Waals surface area contributed by atoms with Crippen molar-refractivity contribution in [2.24, 2.45) is 0 Å². The fourth-order valence-corrected chi connectivity index (χ4v) is 2.18. The van der Waals surface area contributed by atoms with Crippen LogP contribution in [-0.2, 0) is 0 Å². The van der Waals surface area contributed by atoms with Crippen LogP contribution in [0.3, 0.4) is 0 Å². The van der Waals surface area contributed by atoms with Crippen molar-refractivity contribution in [2.75, 3.05) is 18.8 Å². The van der Waals surface area contributed by atoms with Gasteiger partial charge in [0.05, 0.1) is 11.7 Å². The Balaban J connectivity index is 2.22. The average Bonchev–Trinajstić information content (AvgIpc) is 2.32. The third kappa shape index (κ3) is 2.42. The van der Waals surface area contributed by atoms with E-state index >= 15 is 0 Å². The minimum Gasteiger partial charge on any atom is -0.398 e. The summed E-state index contributed by atoms with van der Waals surface area (Å²) in [5.41, 5.74) is 7.91. The third-order valence-electron chi connectivity index (χ3n) is 3.24. The monoisotopic (exact) mass is 234 g/mol. The first kappa shape index (κ1) is 11.9. The van der Waals surface area contributed by atoms with Gasteiger partial charge in [0.25, 0.3) is 5.91 Å². The average molecular weight is 234 g/mol. The fraction of sp³-hybridized carbons (Fsp3) is 0.462. The van der Waals surface area contributed by atoms with Crippen molar-refractivity contribution in [3.63, 3.8) is 0 Å². The van der Waals surface area contributed by atoms with Crippen LogP contribution in [0.4, 0.5) is 5.69 Å². The van der Waals surface area contributed by atoms with E-state index in [1.54, 1.807) is 11.0 Å². The van der Waals surface area contributed by atoms with Gasteiger partial charge in [-0.05, 0) is 31.4 Å². The highest BCUT2D eigenvalue weighted by molar-refractivity contribution is 5.99. The molecule has 0 spiro atoms. The van der Waals surface area contributed by atoms with E-state index in [2.05, 4.69) is 0 Å². The lowest BCUT2D eigenvalue weighted by atomic mass is 10.0. The fourth-order valence-electron chi connectivity index (χ4n) is 2.18. The zero-order valence-corrected chi connectivity index (χ0v) is 10.0. The van der Waals surface area contributed by atoms with Crippen molar-refractivity contribution in [3.05, 3.63) is 29.3 Å². The number of amides is 1. The van der Waals surface area contributed by atoms with Gasteiger partial charge in [-0.25, -0.2) is 0 Å². The number of β-amino-alcohol motifs (C(OH)–C–C–N with tert-alkyl or cyclic N) is 1. The largest absolute Gasteiger partial charge is 0.398 e. The molecule has 17 heavy (non-hydrogen) atoms. The summed E-state index contributed by atoms with van der Waals surface area (Å²) in [6.07, 6.45) is 1.21. The van der Waals surface area contributed by atoms with E-state index in [1.165, 1.54) is 0 Å². The van der Waals surface area contributed by atoms with Crippen molar-refractivity contribution < 1.29 is 9.90 Å². The number of aliphatic hydroxyl groups excluding tert-OH is 1. The van der Waals surface area contributed by atoms with Crippen molar-refractivity contribution in [1.29, 1.82) is 0 Å². The number of carbonyl (C=O) groups excluding carboxylic acids is 1. The smallest absolute Gasteiger partial charge is 0.256 e. The molecule has 1 atom stereocenters. The van der Waals surface area contributed by atoms with Crippen molar-refractivity contribution in [1.82, 2.24) is 4.90 Å². The molecule has 0 radical (unpaired) electrons. The third-order valence-corrected chi connectivity index (χ3v) is 3.24. The number of nitrogens with two attached hydrogens (primary N) is 1. The number of nitrogen functional groups attached to an aromatic ring is 1. The Hall–Kier alpha value is -1.55. The number of aryl methyl sites for hydroxylation is 1. The highest BCUT2D eigenvalue weighted by Crippen LogP contribution is 2.20. The number of benzene rings is 1. The molecule has 1 aromatic rings. The Morgan fingerprint density at radius 3 is 3.00 bits per heavy atom. The van der Waals surface area contributed by atoms with Crippen LogP contribution < -0.4 is 5.73 Å². The number of nitrogens with zero attached hydrogens (tertiary/aromatic N) is 1. The van der Waals surface area contributed by atoms with E-state index in [0.717, 1.165) is 18.4 Å². The quantitative estimate of drug-likeness (QED) is 0.717. The van der Waals surface area contributed by atoms with Crippen LogP contribution in [0.15, 0.2) is 18.2 Å². The van der Waals surface area contributed by atoms with Gasteiger partial charge in [-0.2, -0.15) is 0 Å². The van der Waals surface area contributed by atoms with Crippen LogP contribution in [0, 0.1) is 6.92 Å². The van der Waals surface area contributed by atoms with Crippen LogP contribution >= 0.6 is 0 Å². The second-order valence-corrected chi connectivity index (χ2v) is 4.58. The number of para-hydroxylation sites is 1. The highest BCUT2D eigenvalue weighted by Gasteiger charge is 2.24. The van der Waals surface area contributed by atoms with E-state index in [-0.39, 0.29) is 5.91 Å². The zero-order valence-electron chi connectivity index (χ0n) is 10.0. The van der Waals surface area contributed by atoms with Gasteiger partial charge in [-0.3, -0.25) is 4.79 Å². The molecular formula is C13H18N2O2. The number of anilines is 1. The maximum atomic E-state index is 12.3. The number of hydrogen-bond donors (Lipinski definition) is 2. The molecule has 0 aromatic heterocycles. The molecule has 0 bridgehead atoms. The van der Waals surface area contributed by atoms with Gasteiger partial charge >= 0.3 is 0 Å². The lowest BCUT2D eigenvalue weighted by Crippen LogP contribution is -2.42. The number of rotatable bonds is 1. The standard InChI is InChI=1S/C13H18N2O2/c1-9-4-2-6-11(12(9)14)13(17)15-7-3-5-10(16)8-15/h2,4,6,10,16H,3,5,7-8,14H2,1H3/t10-/m0/s1.